The second kappa shape index (κ2) is 9.44. The lowest BCUT2D eigenvalue weighted by molar-refractivity contribution is -0.384. The van der Waals surface area contributed by atoms with Crippen molar-refractivity contribution in [2.24, 2.45) is 5.10 Å². The van der Waals surface area contributed by atoms with Crippen LogP contribution in [0.2, 0.25) is 5.02 Å². The number of anilines is 1. The zero-order chi connectivity index (χ0) is 21.5. The summed E-state index contributed by atoms with van der Waals surface area (Å²) in [5, 5.41) is 17.6. The molecule has 9 heteroatoms. The van der Waals surface area contributed by atoms with E-state index in [0.717, 1.165) is 0 Å². The van der Waals surface area contributed by atoms with Crippen LogP contribution in [-0.2, 0) is 0 Å². The number of halogens is 1. The van der Waals surface area contributed by atoms with Crippen molar-refractivity contribution in [1.82, 2.24) is 5.43 Å². The van der Waals surface area contributed by atoms with E-state index in [0.29, 0.717) is 27.4 Å². The number of rotatable bonds is 6. The molecule has 2 amide bonds. The summed E-state index contributed by atoms with van der Waals surface area (Å²) in [4.78, 5) is 34.5. The van der Waals surface area contributed by atoms with Crippen molar-refractivity contribution in [2.75, 3.05) is 5.32 Å². The van der Waals surface area contributed by atoms with Gasteiger partial charge in [-0.25, -0.2) is 5.43 Å². The first-order valence-corrected chi connectivity index (χ1v) is 9.05. The van der Waals surface area contributed by atoms with Gasteiger partial charge < -0.3 is 5.32 Å². The quantitative estimate of drug-likeness (QED) is 0.351. The van der Waals surface area contributed by atoms with Crippen LogP contribution in [0.25, 0.3) is 0 Å². The summed E-state index contributed by atoms with van der Waals surface area (Å²) in [7, 11) is 0. The van der Waals surface area contributed by atoms with Crippen molar-refractivity contribution in [1.29, 1.82) is 0 Å². The molecule has 0 heterocycles. The number of nitro benzene ring substituents is 1. The maximum absolute atomic E-state index is 12.2. The maximum atomic E-state index is 12.2. The number of non-ortho nitro benzene ring substituents is 1. The molecule has 8 nitrogen and oxygen atoms in total. The van der Waals surface area contributed by atoms with Gasteiger partial charge in [-0.3, -0.25) is 19.7 Å². The number of carbonyl (C=O) groups excluding carboxylic acids is 2. The minimum absolute atomic E-state index is 0.0290. The molecule has 0 saturated carbocycles. The average molecular weight is 423 g/mol. The first-order chi connectivity index (χ1) is 14.4. The number of amides is 2. The lowest BCUT2D eigenvalue weighted by Crippen LogP contribution is -2.17. The SMILES string of the molecule is O=C(N/N=C\c1ccc([N+](=O)[O-])cc1)c1ccc(NC(=O)c2cccc(Cl)c2)cc1. The van der Waals surface area contributed by atoms with Gasteiger partial charge in [0.05, 0.1) is 11.1 Å². The van der Waals surface area contributed by atoms with Gasteiger partial charge in [0.2, 0.25) is 0 Å². The predicted molar refractivity (Wildman–Crippen MR) is 114 cm³/mol. The number of benzene rings is 3. The van der Waals surface area contributed by atoms with E-state index in [2.05, 4.69) is 15.8 Å². The van der Waals surface area contributed by atoms with E-state index < -0.39 is 10.8 Å². The second-order valence-electron chi connectivity index (χ2n) is 6.09. The summed E-state index contributed by atoms with van der Waals surface area (Å²) in [6, 6.07) is 18.6. The highest BCUT2D eigenvalue weighted by atomic mass is 35.5. The van der Waals surface area contributed by atoms with Crippen LogP contribution in [0.4, 0.5) is 11.4 Å². The standard InChI is InChI=1S/C21H15ClN4O4/c22-17-3-1-2-16(12-17)20(27)24-18-8-6-15(7-9-18)21(28)25-23-13-14-4-10-19(11-5-14)26(29)30/h1-13H,(H,24,27)(H,25,28)/b23-13-. The Morgan fingerprint density at radius 2 is 1.63 bits per heavy atom. The monoisotopic (exact) mass is 422 g/mol. The fourth-order valence-electron chi connectivity index (χ4n) is 2.45. The van der Waals surface area contributed by atoms with E-state index in [1.54, 1.807) is 48.5 Å². The normalized spacial score (nSPS) is 10.6. The van der Waals surface area contributed by atoms with E-state index in [1.807, 2.05) is 0 Å². The van der Waals surface area contributed by atoms with Crippen molar-refractivity contribution in [3.63, 3.8) is 0 Å². The molecule has 0 saturated heterocycles. The van der Waals surface area contributed by atoms with Crippen LogP contribution in [0.1, 0.15) is 26.3 Å². The number of nitro groups is 1. The van der Waals surface area contributed by atoms with Crippen LogP contribution in [0, 0.1) is 10.1 Å². The molecule has 150 valence electrons. The molecule has 0 aliphatic heterocycles. The van der Waals surface area contributed by atoms with Crippen molar-refractivity contribution < 1.29 is 14.5 Å². The molecule has 0 aliphatic rings. The highest BCUT2D eigenvalue weighted by molar-refractivity contribution is 6.31. The highest BCUT2D eigenvalue weighted by Crippen LogP contribution is 2.15. The summed E-state index contributed by atoms with van der Waals surface area (Å²) in [5.41, 5.74) is 4.22. The largest absolute Gasteiger partial charge is 0.322 e. The summed E-state index contributed by atoms with van der Waals surface area (Å²) in [5.74, 6) is -0.761. The van der Waals surface area contributed by atoms with E-state index in [4.69, 9.17) is 11.6 Å². The highest BCUT2D eigenvalue weighted by Gasteiger charge is 2.08. The zero-order valence-electron chi connectivity index (χ0n) is 15.4. The molecule has 0 unspecified atom stereocenters. The van der Waals surface area contributed by atoms with Crippen molar-refractivity contribution >= 4 is 41.0 Å². The Labute approximate surface area is 176 Å². The minimum atomic E-state index is -0.496. The van der Waals surface area contributed by atoms with Gasteiger partial charge in [0.1, 0.15) is 0 Å². The molecule has 0 spiro atoms. The molecule has 0 bridgehead atoms. The number of hydrogen-bond acceptors (Lipinski definition) is 5. The number of nitrogens with zero attached hydrogens (tertiary/aromatic N) is 2. The van der Waals surface area contributed by atoms with Gasteiger partial charge in [-0.1, -0.05) is 17.7 Å². The zero-order valence-corrected chi connectivity index (χ0v) is 16.2. The van der Waals surface area contributed by atoms with Gasteiger partial charge in [0.25, 0.3) is 17.5 Å². The van der Waals surface area contributed by atoms with Gasteiger partial charge in [-0.05, 0) is 60.2 Å². The van der Waals surface area contributed by atoms with Gasteiger partial charge in [-0.15, -0.1) is 0 Å². The van der Waals surface area contributed by atoms with Crippen LogP contribution in [0.15, 0.2) is 77.9 Å². The number of hydrazone groups is 1. The van der Waals surface area contributed by atoms with E-state index in [9.17, 15) is 19.7 Å². The summed E-state index contributed by atoms with van der Waals surface area (Å²) < 4.78 is 0. The van der Waals surface area contributed by atoms with Gasteiger partial charge in [0, 0.05) is 34.0 Å². The Balaban J connectivity index is 1.56. The van der Waals surface area contributed by atoms with E-state index in [-0.39, 0.29) is 11.6 Å². The predicted octanol–water partition coefficient (Wildman–Crippen LogP) is 4.26. The summed E-state index contributed by atoms with van der Waals surface area (Å²) in [6.45, 7) is 0. The minimum Gasteiger partial charge on any atom is -0.322 e. The molecular weight excluding hydrogens is 408 g/mol. The first kappa shape index (κ1) is 20.7. The van der Waals surface area contributed by atoms with Crippen LogP contribution in [-0.4, -0.2) is 23.0 Å². The first-order valence-electron chi connectivity index (χ1n) is 8.67. The molecule has 3 aromatic carbocycles. The third-order valence-electron chi connectivity index (χ3n) is 3.98. The Morgan fingerprint density at radius 3 is 2.27 bits per heavy atom. The Kier molecular flexibility index (Phi) is 6.51. The second-order valence-corrected chi connectivity index (χ2v) is 6.53. The number of hydrogen-bond donors (Lipinski definition) is 2. The third kappa shape index (κ3) is 5.49. The molecule has 0 radical (unpaired) electrons. The van der Waals surface area contributed by atoms with Crippen molar-refractivity contribution in [3.8, 4) is 0 Å². The third-order valence-corrected chi connectivity index (χ3v) is 4.21. The molecule has 0 aliphatic carbocycles. The number of carbonyl (C=O) groups is 2. The van der Waals surface area contributed by atoms with Crippen LogP contribution in [0.3, 0.4) is 0 Å². The lowest BCUT2D eigenvalue weighted by atomic mass is 10.1. The molecule has 0 fully saturated rings. The van der Waals surface area contributed by atoms with Crippen LogP contribution < -0.4 is 10.7 Å². The topological polar surface area (TPSA) is 114 Å². The van der Waals surface area contributed by atoms with Crippen molar-refractivity contribution in [2.45, 2.75) is 0 Å². The Hall–Kier alpha value is -4.04. The fraction of sp³-hybridized carbons (Fsp3) is 0. The fourth-order valence-corrected chi connectivity index (χ4v) is 2.64. The van der Waals surface area contributed by atoms with E-state index in [1.165, 1.54) is 30.5 Å². The van der Waals surface area contributed by atoms with Gasteiger partial charge in [0.15, 0.2) is 0 Å². The van der Waals surface area contributed by atoms with Gasteiger partial charge >= 0.3 is 0 Å². The van der Waals surface area contributed by atoms with Crippen LogP contribution in [0.5, 0.6) is 0 Å². The molecular formula is C21H15ClN4O4. The molecule has 0 atom stereocenters. The summed E-state index contributed by atoms with van der Waals surface area (Å²) in [6.07, 6.45) is 1.38. The van der Waals surface area contributed by atoms with Crippen molar-refractivity contribution in [3.05, 3.63) is 105 Å². The van der Waals surface area contributed by atoms with E-state index >= 15 is 0 Å². The van der Waals surface area contributed by atoms with Gasteiger partial charge in [-0.2, -0.15) is 5.10 Å². The Morgan fingerprint density at radius 1 is 0.933 bits per heavy atom. The molecule has 3 aromatic rings. The van der Waals surface area contributed by atoms with Crippen LogP contribution >= 0.6 is 11.6 Å². The average Bonchev–Trinajstić information content (AvgIpc) is 2.74. The molecule has 30 heavy (non-hydrogen) atoms. The lowest BCUT2D eigenvalue weighted by Gasteiger charge is -2.06. The maximum Gasteiger partial charge on any atom is 0.271 e. The molecule has 3 rings (SSSR count). The number of nitrogens with one attached hydrogen (secondary N) is 2. The summed E-state index contributed by atoms with van der Waals surface area (Å²) >= 11 is 5.88. The smallest absolute Gasteiger partial charge is 0.271 e. The Bertz CT molecular complexity index is 1110. The molecule has 2 N–H and O–H groups in total. The molecule has 0 aromatic heterocycles.